The lowest BCUT2D eigenvalue weighted by molar-refractivity contribution is 0.0951. The van der Waals surface area contributed by atoms with Gasteiger partial charge in [0.25, 0.3) is 5.91 Å². The van der Waals surface area contributed by atoms with Crippen LogP contribution in [0.5, 0.6) is 0 Å². The number of anilines is 1. The molecule has 0 aliphatic heterocycles. The van der Waals surface area contributed by atoms with Crippen molar-refractivity contribution in [3.8, 4) is 21.9 Å². The number of carbonyl (C=O) groups excluding carboxylic acids is 1. The summed E-state index contributed by atoms with van der Waals surface area (Å²) in [4.78, 5) is 13.3. The van der Waals surface area contributed by atoms with E-state index in [4.69, 9.17) is 39.8 Å². The topological polar surface area (TPSA) is 97.3 Å². The molecular formula is C23H16Cl2N6O2S2. The Morgan fingerprint density at radius 3 is 2.57 bits per heavy atom. The highest BCUT2D eigenvalue weighted by molar-refractivity contribution is 7.80. The van der Waals surface area contributed by atoms with Gasteiger partial charge in [0.05, 0.1) is 10.0 Å². The molecule has 0 bridgehead atoms. The molecule has 12 heteroatoms. The lowest BCUT2D eigenvalue weighted by Crippen LogP contribution is -2.33. The smallest absolute Gasteiger partial charge is 0.293 e. The van der Waals surface area contributed by atoms with Crippen molar-refractivity contribution < 1.29 is 9.21 Å². The maximum Gasteiger partial charge on any atom is 0.293 e. The first kappa shape index (κ1) is 23.4. The molecular weight excluding hydrogens is 527 g/mol. The van der Waals surface area contributed by atoms with Gasteiger partial charge in [0.1, 0.15) is 10.8 Å². The summed E-state index contributed by atoms with van der Waals surface area (Å²) >= 11 is 18.8. The number of nitrogens with one attached hydrogen (secondary N) is 2. The molecule has 0 spiro atoms. The van der Waals surface area contributed by atoms with E-state index in [0.29, 0.717) is 27.1 Å². The van der Waals surface area contributed by atoms with Gasteiger partial charge in [0, 0.05) is 23.2 Å². The molecule has 0 radical (unpaired) electrons. The van der Waals surface area contributed by atoms with Crippen LogP contribution in [0.25, 0.3) is 26.9 Å². The number of halogens is 2. The minimum atomic E-state index is -0.475. The Bertz CT molecular complexity index is 1560. The highest BCUT2D eigenvalue weighted by Gasteiger charge is 2.15. The minimum absolute atomic E-state index is 0.111. The monoisotopic (exact) mass is 542 g/mol. The number of amides is 1. The highest BCUT2D eigenvalue weighted by atomic mass is 35.5. The number of hydrogen-bond donors (Lipinski definition) is 2. The summed E-state index contributed by atoms with van der Waals surface area (Å²) in [5.41, 5.74) is 2.36. The number of hydrogen-bond acceptors (Lipinski definition) is 7. The molecule has 5 rings (SSSR count). The van der Waals surface area contributed by atoms with Gasteiger partial charge in [0.2, 0.25) is 4.96 Å². The van der Waals surface area contributed by atoms with Gasteiger partial charge >= 0.3 is 0 Å². The molecule has 2 aromatic carbocycles. The van der Waals surface area contributed by atoms with Gasteiger partial charge < -0.3 is 9.73 Å². The van der Waals surface area contributed by atoms with Crippen LogP contribution in [0.2, 0.25) is 10.0 Å². The Hall–Kier alpha value is -3.31. The molecule has 176 valence electrons. The second-order valence-corrected chi connectivity index (χ2v) is 9.53. The molecule has 8 nitrogen and oxygen atoms in total. The van der Waals surface area contributed by atoms with Crippen molar-refractivity contribution in [2.24, 2.45) is 0 Å². The number of thiocarbonyl (C=S) groups is 1. The van der Waals surface area contributed by atoms with Crippen LogP contribution in [-0.2, 0) is 6.42 Å². The SMILES string of the molecule is CCc1nnc2sc(-c3ccc(NC(=S)NC(=O)c4ccc(-c5ccc(Cl)c(Cl)c5)o4)cc3)nn12. The zero-order valence-electron chi connectivity index (χ0n) is 18.1. The zero-order chi connectivity index (χ0) is 24.5. The third-order valence-corrected chi connectivity index (χ3v) is 6.91. The van der Waals surface area contributed by atoms with Crippen LogP contribution in [0.1, 0.15) is 23.3 Å². The first-order chi connectivity index (χ1) is 16.9. The Kier molecular flexibility index (Phi) is 6.52. The second-order valence-electron chi connectivity index (χ2n) is 7.35. The van der Waals surface area contributed by atoms with E-state index in [0.717, 1.165) is 27.8 Å². The molecule has 3 aromatic heterocycles. The predicted molar refractivity (Wildman–Crippen MR) is 141 cm³/mol. The van der Waals surface area contributed by atoms with E-state index >= 15 is 0 Å². The molecule has 3 heterocycles. The Labute approximate surface area is 218 Å². The Morgan fingerprint density at radius 1 is 1.06 bits per heavy atom. The van der Waals surface area contributed by atoms with Crippen molar-refractivity contribution in [1.29, 1.82) is 0 Å². The normalized spacial score (nSPS) is 11.1. The van der Waals surface area contributed by atoms with Gasteiger partial charge in [-0.1, -0.05) is 41.5 Å². The first-order valence-electron chi connectivity index (χ1n) is 10.4. The van der Waals surface area contributed by atoms with Crippen molar-refractivity contribution in [3.63, 3.8) is 0 Å². The quantitative estimate of drug-likeness (QED) is 0.258. The molecule has 0 aliphatic carbocycles. The largest absolute Gasteiger partial charge is 0.451 e. The summed E-state index contributed by atoms with van der Waals surface area (Å²) in [5, 5.41) is 20.3. The standard InChI is InChI=1S/C23H16Cl2N6O2S2/c1-2-19-28-29-23-31(19)30-21(35-23)12-3-6-14(7-4-12)26-22(34)27-20(32)18-10-9-17(33-18)13-5-8-15(24)16(25)11-13/h3-11H,2H2,1H3,(H2,26,27,32,34). The van der Waals surface area contributed by atoms with Gasteiger partial charge in [-0.2, -0.15) is 9.61 Å². The van der Waals surface area contributed by atoms with E-state index in [-0.39, 0.29) is 10.9 Å². The number of fused-ring (bicyclic) bond motifs is 1. The molecule has 35 heavy (non-hydrogen) atoms. The summed E-state index contributed by atoms with van der Waals surface area (Å²) in [6.07, 6.45) is 0.755. The number of nitrogens with zero attached hydrogens (tertiary/aromatic N) is 4. The molecule has 2 N–H and O–H groups in total. The van der Waals surface area contributed by atoms with E-state index in [1.807, 2.05) is 31.2 Å². The maximum absolute atomic E-state index is 12.6. The average Bonchev–Trinajstić information content (AvgIpc) is 3.57. The summed E-state index contributed by atoms with van der Waals surface area (Å²) in [6, 6.07) is 15.9. The minimum Gasteiger partial charge on any atom is -0.451 e. The van der Waals surface area contributed by atoms with Gasteiger partial charge in [-0.25, -0.2) is 0 Å². The van der Waals surface area contributed by atoms with Crippen LogP contribution < -0.4 is 10.6 Å². The molecule has 0 aliphatic rings. The molecule has 0 saturated carbocycles. The summed E-state index contributed by atoms with van der Waals surface area (Å²) in [7, 11) is 0. The third kappa shape index (κ3) is 4.92. The molecule has 0 saturated heterocycles. The van der Waals surface area contributed by atoms with Crippen LogP contribution in [0.15, 0.2) is 59.0 Å². The van der Waals surface area contributed by atoms with Crippen LogP contribution >= 0.6 is 46.8 Å². The Balaban J connectivity index is 1.22. The number of benzene rings is 2. The van der Waals surface area contributed by atoms with Crippen molar-refractivity contribution in [3.05, 3.63) is 76.2 Å². The van der Waals surface area contributed by atoms with Gasteiger partial charge in [-0.3, -0.25) is 10.1 Å². The van der Waals surface area contributed by atoms with Crippen molar-refractivity contribution >= 4 is 68.4 Å². The summed E-state index contributed by atoms with van der Waals surface area (Å²) < 4.78 is 7.42. The van der Waals surface area contributed by atoms with E-state index < -0.39 is 5.91 Å². The molecule has 1 amide bonds. The van der Waals surface area contributed by atoms with E-state index in [1.54, 1.807) is 34.8 Å². The van der Waals surface area contributed by atoms with Crippen LogP contribution in [-0.4, -0.2) is 30.8 Å². The van der Waals surface area contributed by atoms with E-state index in [1.165, 1.54) is 11.3 Å². The lowest BCUT2D eigenvalue weighted by Gasteiger charge is -2.09. The van der Waals surface area contributed by atoms with Gasteiger partial charge in [-0.15, -0.1) is 10.2 Å². The van der Waals surface area contributed by atoms with Crippen molar-refractivity contribution in [2.45, 2.75) is 13.3 Å². The van der Waals surface area contributed by atoms with Crippen molar-refractivity contribution in [1.82, 2.24) is 25.1 Å². The fraction of sp³-hybridized carbons (Fsp3) is 0.0870. The van der Waals surface area contributed by atoms with Crippen LogP contribution in [0.4, 0.5) is 5.69 Å². The number of aromatic nitrogens is 4. The Morgan fingerprint density at radius 2 is 1.83 bits per heavy atom. The van der Waals surface area contributed by atoms with E-state index in [2.05, 4.69) is 25.9 Å². The van der Waals surface area contributed by atoms with Gasteiger partial charge in [-0.05, 0) is 66.8 Å². The predicted octanol–water partition coefficient (Wildman–Crippen LogP) is 6.11. The fourth-order valence-corrected chi connectivity index (χ4v) is 4.65. The number of aryl methyl sites for hydroxylation is 1. The van der Waals surface area contributed by atoms with Crippen molar-refractivity contribution in [2.75, 3.05) is 5.32 Å². The molecule has 0 unspecified atom stereocenters. The zero-order valence-corrected chi connectivity index (χ0v) is 21.2. The average molecular weight is 543 g/mol. The number of furan rings is 1. The molecule has 5 aromatic rings. The highest BCUT2D eigenvalue weighted by Crippen LogP contribution is 2.30. The lowest BCUT2D eigenvalue weighted by atomic mass is 10.2. The van der Waals surface area contributed by atoms with E-state index in [9.17, 15) is 4.79 Å². The second kappa shape index (κ2) is 9.74. The molecule has 0 fully saturated rings. The number of rotatable bonds is 5. The van der Waals surface area contributed by atoms with Crippen LogP contribution in [0.3, 0.4) is 0 Å². The fourth-order valence-electron chi connectivity index (χ4n) is 3.28. The third-order valence-electron chi connectivity index (χ3n) is 5.02. The summed E-state index contributed by atoms with van der Waals surface area (Å²) in [5.74, 6) is 0.944. The maximum atomic E-state index is 12.6. The summed E-state index contributed by atoms with van der Waals surface area (Å²) in [6.45, 7) is 2.01. The number of carbonyl (C=O) groups is 1. The van der Waals surface area contributed by atoms with Gasteiger partial charge in [0.15, 0.2) is 16.7 Å². The van der Waals surface area contributed by atoms with Crippen LogP contribution in [0, 0.1) is 0 Å². The first-order valence-corrected chi connectivity index (χ1v) is 12.4. The molecule has 0 atom stereocenters.